The summed E-state index contributed by atoms with van der Waals surface area (Å²) in [6.07, 6.45) is -1.17. The van der Waals surface area contributed by atoms with Crippen LogP contribution in [-0.4, -0.2) is 79.0 Å². The zero-order valence-corrected chi connectivity index (χ0v) is 29.7. The number of carbonyl (C=O) groups excluding carboxylic acids is 1. The minimum absolute atomic E-state index is 0.0342. The van der Waals surface area contributed by atoms with Gasteiger partial charge in [-0.2, -0.15) is 0 Å². The van der Waals surface area contributed by atoms with Crippen LogP contribution in [-0.2, 0) is 10.4 Å². The summed E-state index contributed by atoms with van der Waals surface area (Å²) in [4.78, 5) is 12.5. The van der Waals surface area contributed by atoms with Gasteiger partial charge in [0.25, 0.3) is 0 Å². The number of hydrogen-bond acceptors (Lipinski definition) is 11. The van der Waals surface area contributed by atoms with Crippen LogP contribution in [0.25, 0.3) is 0 Å². The molecule has 0 unspecified atom stereocenters. The molecule has 0 amide bonds. The smallest absolute Gasteiger partial charge is 0.167 e. The van der Waals surface area contributed by atoms with Gasteiger partial charge in [0, 0.05) is 22.3 Å². The Balaban J connectivity index is 0.000000266. The molecule has 1 atom stereocenters. The van der Waals surface area contributed by atoms with Gasteiger partial charge >= 0.3 is 0 Å². The minimum atomic E-state index is -1.81. The van der Waals surface area contributed by atoms with Crippen molar-refractivity contribution in [1.82, 2.24) is 0 Å². The predicted molar refractivity (Wildman–Crippen MR) is 185 cm³/mol. The Hall–Kier alpha value is -5.13. The Morgan fingerprint density at radius 3 is 1.10 bits per heavy atom. The van der Waals surface area contributed by atoms with Crippen LogP contribution in [0, 0.1) is 0 Å². The van der Waals surface area contributed by atoms with E-state index < -0.39 is 17.6 Å². The molecule has 0 radical (unpaired) electrons. The summed E-state index contributed by atoms with van der Waals surface area (Å²) in [5.74, 6) is 3.17. The van der Waals surface area contributed by atoms with Crippen LogP contribution in [0.5, 0.6) is 46.0 Å². The maximum Gasteiger partial charge on any atom is 0.167 e. The van der Waals surface area contributed by atoms with Crippen molar-refractivity contribution in [2.24, 2.45) is 0 Å². The van der Waals surface area contributed by atoms with E-state index in [1.807, 2.05) is 24.3 Å². The Labute approximate surface area is 287 Å². The Morgan fingerprint density at radius 2 is 0.837 bits per heavy atom. The van der Waals surface area contributed by atoms with Crippen molar-refractivity contribution >= 4 is 5.78 Å². The number of carbonyl (C=O) groups is 1. The van der Waals surface area contributed by atoms with Crippen molar-refractivity contribution in [2.45, 2.75) is 31.5 Å². The molecular formula is C38H46O11. The van der Waals surface area contributed by atoms with Gasteiger partial charge in [-0.15, -0.1) is 0 Å². The molecule has 0 saturated carbocycles. The zero-order valence-electron chi connectivity index (χ0n) is 29.7. The highest BCUT2D eigenvalue weighted by Crippen LogP contribution is 2.48. The van der Waals surface area contributed by atoms with Gasteiger partial charge in [0.15, 0.2) is 46.0 Å². The van der Waals surface area contributed by atoms with Crippen LogP contribution in [0.15, 0.2) is 72.8 Å². The quantitative estimate of drug-likeness (QED) is 0.168. The first kappa shape index (κ1) is 38.3. The highest BCUT2D eigenvalue weighted by Gasteiger charge is 2.43. The van der Waals surface area contributed by atoms with Crippen LogP contribution >= 0.6 is 0 Å². The molecule has 4 aromatic rings. The van der Waals surface area contributed by atoms with Gasteiger partial charge in [0.05, 0.1) is 68.9 Å². The molecule has 11 nitrogen and oxygen atoms in total. The molecule has 0 saturated heterocycles. The number of ketones is 1. The van der Waals surface area contributed by atoms with E-state index in [0.717, 1.165) is 11.1 Å². The summed E-state index contributed by atoms with van der Waals surface area (Å²) >= 11 is 0. The van der Waals surface area contributed by atoms with Gasteiger partial charge in [-0.25, -0.2) is 0 Å². The van der Waals surface area contributed by atoms with Gasteiger partial charge in [-0.05, 0) is 38.1 Å². The highest BCUT2D eigenvalue weighted by atomic mass is 16.5. The van der Waals surface area contributed by atoms with Crippen LogP contribution in [0.1, 0.15) is 42.0 Å². The molecule has 0 heterocycles. The lowest BCUT2D eigenvalue weighted by molar-refractivity contribution is -0.117. The Kier molecular flexibility index (Phi) is 13.5. The molecule has 4 aromatic carbocycles. The molecule has 4 rings (SSSR count). The first-order valence-electron chi connectivity index (χ1n) is 15.3. The van der Waals surface area contributed by atoms with Crippen LogP contribution in [0.4, 0.5) is 0 Å². The summed E-state index contributed by atoms with van der Waals surface area (Å²) in [7, 11) is 12.2. The third-order valence-corrected chi connectivity index (χ3v) is 8.13. The maximum atomic E-state index is 12.5. The van der Waals surface area contributed by atoms with E-state index in [2.05, 4.69) is 0 Å². The number of methoxy groups -OCH3 is 8. The van der Waals surface area contributed by atoms with Gasteiger partial charge < -0.3 is 48.1 Å². The molecule has 49 heavy (non-hydrogen) atoms. The summed E-state index contributed by atoms with van der Waals surface area (Å²) < 4.78 is 43.2. The summed E-state index contributed by atoms with van der Waals surface area (Å²) in [5, 5.41) is 22.1. The van der Waals surface area contributed by atoms with E-state index in [1.165, 1.54) is 35.4 Å². The third kappa shape index (κ3) is 7.63. The van der Waals surface area contributed by atoms with E-state index in [4.69, 9.17) is 37.9 Å². The fourth-order valence-electron chi connectivity index (χ4n) is 5.85. The van der Waals surface area contributed by atoms with Crippen molar-refractivity contribution in [1.29, 1.82) is 0 Å². The minimum Gasteiger partial charge on any atom is -0.493 e. The van der Waals surface area contributed by atoms with E-state index in [-0.39, 0.29) is 5.78 Å². The van der Waals surface area contributed by atoms with E-state index in [0.29, 0.717) is 57.1 Å². The average molecular weight is 679 g/mol. The van der Waals surface area contributed by atoms with Crippen molar-refractivity contribution in [3.8, 4) is 46.0 Å². The van der Waals surface area contributed by atoms with Gasteiger partial charge in [-0.1, -0.05) is 48.5 Å². The van der Waals surface area contributed by atoms with Crippen molar-refractivity contribution in [3.63, 3.8) is 0 Å². The fraction of sp³-hybridized carbons (Fsp3) is 0.342. The number of aliphatic hydroxyl groups is 2. The standard InChI is InChI=1S/C19H24O6.C19H22O5/c1-12(20)19(21,13-8-6-10-15(22-2)17(13)24-4)14-9-7-11-16(23-3)18(14)25-5;1-12(20)17(13-8-6-10-15(21-2)18(13)23-4)14-9-7-11-16(22-3)19(14)24-5/h6-12,20-21H,1-5H3;6-11,17H,1-5H3/t12-;/m0./s1. The zero-order chi connectivity index (χ0) is 36.3. The second-order valence-corrected chi connectivity index (χ2v) is 10.7. The number of Topliss-reactive ketones (excluding diaryl/α,β-unsaturated/α-hetero) is 1. The van der Waals surface area contributed by atoms with E-state index in [9.17, 15) is 15.0 Å². The molecule has 0 aliphatic heterocycles. The lowest BCUT2D eigenvalue weighted by Crippen LogP contribution is -2.39. The molecule has 0 aromatic heterocycles. The maximum absolute atomic E-state index is 12.5. The first-order valence-corrected chi connectivity index (χ1v) is 15.3. The molecule has 0 spiro atoms. The molecule has 0 aliphatic carbocycles. The average Bonchev–Trinajstić information content (AvgIpc) is 3.13. The number of aliphatic hydroxyl groups excluding tert-OH is 1. The van der Waals surface area contributed by atoms with Crippen LogP contribution in [0.3, 0.4) is 0 Å². The number of rotatable bonds is 14. The van der Waals surface area contributed by atoms with Gasteiger partial charge in [0.2, 0.25) is 0 Å². The molecule has 0 fully saturated rings. The number of hydrogen-bond donors (Lipinski definition) is 2. The topological polar surface area (TPSA) is 131 Å². The molecule has 264 valence electrons. The highest BCUT2D eigenvalue weighted by molar-refractivity contribution is 5.89. The fourth-order valence-corrected chi connectivity index (χ4v) is 5.85. The second-order valence-electron chi connectivity index (χ2n) is 10.7. The summed E-state index contributed by atoms with van der Waals surface area (Å²) in [5.41, 5.74) is 0.346. The first-order chi connectivity index (χ1) is 23.5. The van der Waals surface area contributed by atoms with Crippen molar-refractivity contribution in [3.05, 3.63) is 95.1 Å². The van der Waals surface area contributed by atoms with Crippen molar-refractivity contribution in [2.75, 3.05) is 56.9 Å². The SMILES string of the molecule is COc1cccc(C(C(C)=O)c2cccc(OC)c2OC)c1OC.COc1cccc(C(O)(c2cccc(OC)c2OC)[C@H](C)O)c1OC. The molecule has 2 N–H and O–H groups in total. The molecule has 0 aliphatic rings. The lowest BCUT2D eigenvalue weighted by Gasteiger charge is -2.34. The number of ether oxygens (including phenoxy) is 8. The van der Waals surface area contributed by atoms with Gasteiger partial charge in [-0.3, -0.25) is 4.79 Å². The summed E-state index contributed by atoms with van der Waals surface area (Å²) in [6, 6.07) is 21.2. The number of para-hydroxylation sites is 4. The molecule has 0 bridgehead atoms. The Bertz CT molecular complexity index is 1590. The summed E-state index contributed by atoms with van der Waals surface area (Å²) in [6.45, 7) is 3.04. The number of benzene rings is 4. The molecular weight excluding hydrogens is 632 g/mol. The van der Waals surface area contributed by atoms with E-state index >= 15 is 0 Å². The Morgan fingerprint density at radius 1 is 0.531 bits per heavy atom. The van der Waals surface area contributed by atoms with Crippen molar-refractivity contribution < 1.29 is 52.9 Å². The molecule has 11 heteroatoms. The normalized spacial score (nSPS) is 11.4. The predicted octanol–water partition coefficient (Wildman–Crippen LogP) is 5.78. The second kappa shape index (κ2) is 17.3. The third-order valence-electron chi connectivity index (χ3n) is 8.13. The lowest BCUT2D eigenvalue weighted by atomic mass is 9.81. The van der Waals surface area contributed by atoms with Crippen LogP contribution in [0.2, 0.25) is 0 Å². The van der Waals surface area contributed by atoms with Crippen LogP contribution < -0.4 is 37.9 Å². The monoisotopic (exact) mass is 678 g/mol. The van der Waals surface area contributed by atoms with E-state index in [1.54, 1.807) is 83.9 Å². The van der Waals surface area contributed by atoms with Gasteiger partial charge in [0.1, 0.15) is 11.4 Å². The largest absolute Gasteiger partial charge is 0.493 e.